The van der Waals surface area contributed by atoms with Gasteiger partial charge in [0.15, 0.2) is 5.58 Å². The summed E-state index contributed by atoms with van der Waals surface area (Å²) < 4.78 is 6.56. The minimum atomic E-state index is 0.868. The highest BCUT2D eigenvalue weighted by Crippen LogP contribution is 2.43. The van der Waals surface area contributed by atoms with Gasteiger partial charge in [-0.15, -0.1) is 0 Å². The summed E-state index contributed by atoms with van der Waals surface area (Å²) in [4.78, 5) is 2.30. The topological polar surface area (TPSA) is 16.4 Å². The highest BCUT2D eigenvalue weighted by Gasteiger charge is 2.19. The molecule has 0 amide bonds. The van der Waals surface area contributed by atoms with Crippen molar-refractivity contribution < 1.29 is 4.42 Å². The molecule has 9 aromatic rings. The Morgan fingerprint density at radius 1 is 0.300 bits per heavy atom. The van der Waals surface area contributed by atoms with Gasteiger partial charge in [-0.2, -0.15) is 0 Å². The van der Waals surface area contributed by atoms with Gasteiger partial charge in [-0.05, 0) is 93.0 Å². The van der Waals surface area contributed by atoms with E-state index in [-0.39, 0.29) is 0 Å². The predicted octanol–water partition coefficient (Wildman–Crippen LogP) is 13.7. The summed E-state index contributed by atoms with van der Waals surface area (Å²) in [5, 5.41) is 2.22. The van der Waals surface area contributed by atoms with Gasteiger partial charge >= 0.3 is 0 Å². The van der Waals surface area contributed by atoms with Gasteiger partial charge in [0.1, 0.15) is 5.58 Å². The Morgan fingerprint density at radius 3 is 1.22 bits per heavy atom. The molecule has 236 valence electrons. The number of rotatable bonds is 7. The fraction of sp³-hybridized carbons (Fsp3) is 0. The van der Waals surface area contributed by atoms with Crippen LogP contribution in [-0.2, 0) is 0 Å². The van der Waals surface area contributed by atoms with Gasteiger partial charge in [0.05, 0.1) is 5.69 Å². The summed E-state index contributed by atoms with van der Waals surface area (Å²) >= 11 is 0. The quantitative estimate of drug-likeness (QED) is 0.173. The van der Waals surface area contributed by atoms with Crippen molar-refractivity contribution in [3.05, 3.63) is 200 Å². The summed E-state index contributed by atoms with van der Waals surface area (Å²) in [5.74, 6) is 0. The molecule has 0 atom stereocenters. The molecule has 9 rings (SSSR count). The van der Waals surface area contributed by atoms with Crippen LogP contribution in [0.25, 0.3) is 66.4 Å². The van der Waals surface area contributed by atoms with E-state index < -0.39 is 0 Å². The number of furan rings is 1. The van der Waals surface area contributed by atoms with Gasteiger partial charge in [0.2, 0.25) is 0 Å². The van der Waals surface area contributed by atoms with Crippen molar-refractivity contribution in [1.29, 1.82) is 0 Å². The van der Waals surface area contributed by atoms with Crippen LogP contribution in [0.1, 0.15) is 0 Å². The van der Waals surface area contributed by atoms with Crippen LogP contribution in [0, 0.1) is 0 Å². The summed E-state index contributed by atoms with van der Waals surface area (Å²) in [6.07, 6.45) is 0. The van der Waals surface area contributed by atoms with E-state index in [1.165, 1.54) is 44.5 Å². The standard InChI is InChI=1S/C48H33NO/c1-3-12-34(13-4-1)38-16-9-18-40(32-38)36-24-28-42(29-25-36)49(46-22-11-21-45-44-20-7-8-23-47(44)50-48(45)46)43-30-26-37(27-31-43)41-19-10-17-39(33-41)35-14-5-2-6-15-35/h1-33H. The van der Waals surface area contributed by atoms with Gasteiger partial charge in [-0.1, -0.05) is 152 Å². The normalized spacial score (nSPS) is 11.2. The molecule has 0 bridgehead atoms. The summed E-state index contributed by atoms with van der Waals surface area (Å²) in [6, 6.07) is 71.0. The predicted molar refractivity (Wildman–Crippen MR) is 210 cm³/mol. The molecular formula is C48H33NO. The molecule has 0 spiro atoms. The zero-order valence-corrected chi connectivity index (χ0v) is 27.4. The van der Waals surface area contributed by atoms with Crippen LogP contribution in [0.15, 0.2) is 205 Å². The first kappa shape index (κ1) is 29.5. The van der Waals surface area contributed by atoms with E-state index in [9.17, 15) is 0 Å². The number of hydrogen-bond acceptors (Lipinski definition) is 2. The highest BCUT2D eigenvalue weighted by atomic mass is 16.3. The van der Waals surface area contributed by atoms with E-state index in [0.29, 0.717) is 0 Å². The van der Waals surface area contributed by atoms with Crippen LogP contribution in [0.3, 0.4) is 0 Å². The Morgan fingerprint density at radius 2 is 0.700 bits per heavy atom. The maximum absolute atomic E-state index is 6.56. The number of nitrogens with zero attached hydrogens (tertiary/aromatic N) is 1. The molecule has 50 heavy (non-hydrogen) atoms. The van der Waals surface area contributed by atoms with Crippen molar-refractivity contribution in [1.82, 2.24) is 0 Å². The van der Waals surface area contributed by atoms with Crippen LogP contribution >= 0.6 is 0 Å². The fourth-order valence-electron chi connectivity index (χ4n) is 6.96. The molecule has 0 radical (unpaired) electrons. The lowest BCUT2D eigenvalue weighted by Crippen LogP contribution is -2.10. The monoisotopic (exact) mass is 639 g/mol. The molecule has 2 heteroatoms. The van der Waals surface area contributed by atoms with E-state index in [4.69, 9.17) is 4.42 Å². The second-order valence-corrected chi connectivity index (χ2v) is 12.6. The van der Waals surface area contributed by atoms with E-state index in [0.717, 1.165) is 39.0 Å². The molecule has 1 heterocycles. The minimum absolute atomic E-state index is 0.868. The largest absolute Gasteiger partial charge is 0.454 e. The van der Waals surface area contributed by atoms with E-state index in [1.807, 2.05) is 12.1 Å². The van der Waals surface area contributed by atoms with Crippen LogP contribution in [0.4, 0.5) is 17.1 Å². The SMILES string of the molecule is c1ccc(-c2cccc(-c3ccc(N(c4ccc(-c5cccc(-c6ccccc6)c5)cc4)c4cccc5c4oc4ccccc45)cc3)c2)cc1. The first-order valence-corrected chi connectivity index (χ1v) is 17.0. The Labute approximate surface area is 292 Å². The molecule has 0 aliphatic carbocycles. The maximum atomic E-state index is 6.56. The Hall–Kier alpha value is -6.64. The molecule has 0 aliphatic heterocycles. The lowest BCUT2D eigenvalue weighted by molar-refractivity contribution is 0.669. The second kappa shape index (κ2) is 12.8. The zero-order valence-electron chi connectivity index (χ0n) is 27.4. The maximum Gasteiger partial charge on any atom is 0.159 e. The highest BCUT2D eigenvalue weighted by molar-refractivity contribution is 6.10. The molecule has 0 N–H and O–H groups in total. The van der Waals surface area contributed by atoms with Crippen LogP contribution < -0.4 is 4.90 Å². The average Bonchev–Trinajstić information content (AvgIpc) is 3.59. The number of hydrogen-bond donors (Lipinski definition) is 0. The molecule has 0 saturated carbocycles. The average molecular weight is 640 g/mol. The van der Waals surface area contributed by atoms with Gasteiger partial charge < -0.3 is 9.32 Å². The van der Waals surface area contributed by atoms with Crippen molar-refractivity contribution in [3.8, 4) is 44.5 Å². The van der Waals surface area contributed by atoms with Crippen molar-refractivity contribution in [2.75, 3.05) is 4.90 Å². The molecule has 2 nitrogen and oxygen atoms in total. The third kappa shape index (κ3) is 5.53. The van der Waals surface area contributed by atoms with Crippen molar-refractivity contribution in [2.45, 2.75) is 0 Å². The van der Waals surface area contributed by atoms with Gasteiger partial charge in [-0.25, -0.2) is 0 Å². The zero-order chi connectivity index (χ0) is 33.3. The van der Waals surface area contributed by atoms with Crippen molar-refractivity contribution in [3.63, 3.8) is 0 Å². The Bertz CT molecular complexity index is 2440. The fourth-order valence-corrected chi connectivity index (χ4v) is 6.96. The van der Waals surface area contributed by atoms with E-state index in [2.05, 4.69) is 193 Å². The molecule has 0 saturated heterocycles. The summed E-state index contributed by atoms with van der Waals surface area (Å²) in [7, 11) is 0. The van der Waals surface area contributed by atoms with Crippen LogP contribution in [0.2, 0.25) is 0 Å². The number of para-hydroxylation sites is 2. The third-order valence-electron chi connectivity index (χ3n) is 9.48. The molecule has 0 fully saturated rings. The van der Waals surface area contributed by atoms with Crippen LogP contribution in [0.5, 0.6) is 0 Å². The third-order valence-corrected chi connectivity index (χ3v) is 9.48. The van der Waals surface area contributed by atoms with Crippen molar-refractivity contribution >= 4 is 39.0 Å². The number of benzene rings is 8. The van der Waals surface area contributed by atoms with E-state index in [1.54, 1.807) is 0 Å². The number of fused-ring (bicyclic) bond motifs is 3. The molecule has 8 aromatic carbocycles. The molecular weight excluding hydrogens is 607 g/mol. The first-order valence-electron chi connectivity index (χ1n) is 17.0. The molecule has 1 aromatic heterocycles. The molecule has 0 unspecified atom stereocenters. The number of anilines is 3. The molecule has 0 aliphatic rings. The first-order chi connectivity index (χ1) is 24.8. The second-order valence-electron chi connectivity index (χ2n) is 12.6. The van der Waals surface area contributed by atoms with E-state index >= 15 is 0 Å². The minimum Gasteiger partial charge on any atom is -0.454 e. The van der Waals surface area contributed by atoms with Gasteiger partial charge in [-0.3, -0.25) is 0 Å². The lowest BCUT2D eigenvalue weighted by Gasteiger charge is -2.26. The summed E-state index contributed by atoms with van der Waals surface area (Å²) in [6.45, 7) is 0. The Balaban J connectivity index is 1.13. The van der Waals surface area contributed by atoms with Gasteiger partial charge in [0, 0.05) is 22.1 Å². The smallest absolute Gasteiger partial charge is 0.159 e. The lowest BCUT2D eigenvalue weighted by atomic mass is 9.98. The van der Waals surface area contributed by atoms with Crippen LogP contribution in [-0.4, -0.2) is 0 Å². The summed E-state index contributed by atoms with van der Waals surface area (Å²) in [5.41, 5.74) is 14.4. The Kier molecular flexibility index (Phi) is 7.53. The van der Waals surface area contributed by atoms with Gasteiger partial charge in [0.25, 0.3) is 0 Å². The van der Waals surface area contributed by atoms with Crippen molar-refractivity contribution in [2.24, 2.45) is 0 Å².